The molecule has 92 valence electrons. The van der Waals surface area contributed by atoms with Crippen LogP contribution in [0.15, 0.2) is 34.7 Å². The minimum Gasteiger partial charge on any atom is -0.278 e. The molecular formula is C11H9N3O2S2. The predicted octanol–water partition coefficient (Wildman–Crippen LogP) is 2.12. The lowest BCUT2D eigenvalue weighted by molar-refractivity contribution is 0.603. The van der Waals surface area contributed by atoms with Crippen molar-refractivity contribution in [1.82, 2.24) is 4.98 Å². The fraction of sp³-hybridized carbons (Fsp3) is 0.0909. The summed E-state index contributed by atoms with van der Waals surface area (Å²) in [5.41, 5.74) is 0.549. The molecule has 0 aliphatic rings. The highest BCUT2D eigenvalue weighted by atomic mass is 32.2. The highest BCUT2D eigenvalue weighted by molar-refractivity contribution is 7.94. The van der Waals surface area contributed by atoms with Gasteiger partial charge in [-0.2, -0.15) is 5.26 Å². The Kier molecular flexibility index (Phi) is 3.32. The zero-order valence-corrected chi connectivity index (χ0v) is 11.0. The van der Waals surface area contributed by atoms with Crippen LogP contribution in [0.1, 0.15) is 10.6 Å². The minimum absolute atomic E-state index is 0.132. The summed E-state index contributed by atoms with van der Waals surface area (Å²) in [4.78, 5) is 3.90. The van der Waals surface area contributed by atoms with Gasteiger partial charge in [-0.05, 0) is 19.1 Å². The smallest absolute Gasteiger partial charge is 0.273 e. The highest BCUT2D eigenvalue weighted by Gasteiger charge is 2.18. The molecule has 0 radical (unpaired) electrons. The Labute approximate surface area is 109 Å². The summed E-state index contributed by atoms with van der Waals surface area (Å²) in [5, 5.41) is 9.57. The summed E-state index contributed by atoms with van der Waals surface area (Å²) < 4.78 is 26.6. The molecule has 0 saturated heterocycles. The van der Waals surface area contributed by atoms with Crippen LogP contribution < -0.4 is 4.72 Å². The fourth-order valence-corrected chi connectivity index (χ4v) is 3.52. The van der Waals surface area contributed by atoms with Crippen LogP contribution in [-0.2, 0) is 10.0 Å². The Morgan fingerprint density at radius 3 is 2.72 bits per heavy atom. The number of benzene rings is 1. The second kappa shape index (κ2) is 4.76. The van der Waals surface area contributed by atoms with Crippen molar-refractivity contribution in [1.29, 1.82) is 5.26 Å². The third kappa shape index (κ3) is 2.50. The van der Waals surface area contributed by atoms with Gasteiger partial charge in [0, 0.05) is 0 Å². The van der Waals surface area contributed by atoms with Crippen molar-refractivity contribution in [2.45, 2.75) is 11.1 Å². The maximum absolute atomic E-state index is 12.0. The Bertz CT molecular complexity index is 714. The van der Waals surface area contributed by atoms with Crippen molar-refractivity contribution in [3.8, 4) is 6.07 Å². The van der Waals surface area contributed by atoms with Gasteiger partial charge < -0.3 is 0 Å². The van der Waals surface area contributed by atoms with Gasteiger partial charge in [0.15, 0.2) is 4.21 Å². The van der Waals surface area contributed by atoms with Gasteiger partial charge in [0.1, 0.15) is 6.07 Å². The largest absolute Gasteiger partial charge is 0.278 e. The van der Waals surface area contributed by atoms with E-state index in [-0.39, 0.29) is 15.5 Å². The molecule has 18 heavy (non-hydrogen) atoms. The predicted molar refractivity (Wildman–Crippen MR) is 68.8 cm³/mol. The van der Waals surface area contributed by atoms with E-state index in [1.54, 1.807) is 31.2 Å². The van der Waals surface area contributed by atoms with Crippen LogP contribution in [0.3, 0.4) is 0 Å². The summed E-state index contributed by atoms with van der Waals surface area (Å²) in [6, 6.07) is 8.37. The number of sulfonamides is 1. The van der Waals surface area contributed by atoms with E-state index in [4.69, 9.17) is 5.26 Å². The lowest BCUT2D eigenvalue weighted by Gasteiger charge is -2.06. The molecule has 0 fully saturated rings. The van der Waals surface area contributed by atoms with Gasteiger partial charge in [0.2, 0.25) is 0 Å². The topological polar surface area (TPSA) is 82.8 Å². The van der Waals surface area contributed by atoms with Gasteiger partial charge >= 0.3 is 0 Å². The van der Waals surface area contributed by atoms with E-state index in [1.165, 1.54) is 6.20 Å². The van der Waals surface area contributed by atoms with Crippen LogP contribution in [0.5, 0.6) is 0 Å². The van der Waals surface area contributed by atoms with Crippen LogP contribution >= 0.6 is 11.3 Å². The summed E-state index contributed by atoms with van der Waals surface area (Å²) in [6.07, 6.45) is 1.30. The van der Waals surface area contributed by atoms with Crippen LogP contribution in [0.25, 0.3) is 0 Å². The number of nitriles is 1. The quantitative estimate of drug-likeness (QED) is 0.932. The maximum atomic E-state index is 12.0. The first-order chi connectivity index (χ1) is 8.53. The molecular weight excluding hydrogens is 270 g/mol. The van der Waals surface area contributed by atoms with Crippen LogP contribution in [0.4, 0.5) is 5.69 Å². The zero-order chi connectivity index (χ0) is 13.2. The third-order valence-electron chi connectivity index (χ3n) is 2.16. The molecule has 0 unspecified atom stereocenters. The summed E-state index contributed by atoms with van der Waals surface area (Å²) in [7, 11) is -3.67. The molecule has 2 aromatic rings. The molecule has 1 N–H and O–H groups in total. The van der Waals surface area contributed by atoms with Crippen molar-refractivity contribution < 1.29 is 8.42 Å². The average molecular weight is 279 g/mol. The van der Waals surface area contributed by atoms with E-state index in [0.29, 0.717) is 5.01 Å². The third-order valence-corrected chi connectivity index (χ3v) is 4.90. The molecule has 0 spiro atoms. The molecule has 7 heteroatoms. The molecule has 5 nitrogen and oxygen atoms in total. The summed E-state index contributed by atoms with van der Waals surface area (Å²) >= 11 is 1.08. The summed E-state index contributed by atoms with van der Waals surface area (Å²) in [6.45, 7) is 1.73. The highest BCUT2D eigenvalue weighted by Crippen LogP contribution is 2.23. The molecule has 0 bridgehead atoms. The number of aryl methyl sites for hydroxylation is 1. The lowest BCUT2D eigenvalue weighted by atomic mass is 10.2. The first-order valence-electron chi connectivity index (χ1n) is 4.97. The van der Waals surface area contributed by atoms with Crippen molar-refractivity contribution in [2.24, 2.45) is 0 Å². The van der Waals surface area contributed by atoms with E-state index in [2.05, 4.69) is 9.71 Å². The molecule has 2 rings (SSSR count). The number of anilines is 1. The normalized spacial score (nSPS) is 10.9. The Hall–Kier alpha value is -1.91. The lowest BCUT2D eigenvalue weighted by Crippen LogP contribution is -2.12. The number of hydrogen-bond acceptors (Lipinski definition) is 5. The van der Waals surface area contributed by atoms with Crippen molar-refractivity contribution in [3.63, 3.8) is 0 Å². The molecule has 0 aliphatic heterocycles. The van der Waals surface area contributed by atoms with E-state index in [9.17, 15) is 8.42 Å². The zero-order valence-electron chi connectivity index (χ0n) is 9.41. The van der Waals surface area contributed by atoms with Gasteiger partial charge in [-0.3, -0.25) is 4.72 Å². The number of thiazole rings is 1. The Morgan fingerprint density at radius 1 is 1.39 bits per heavy atom. The van der Waals surface area contributed by atoms with Gasteiger partial charge in [-0.15, -0.1) is 11.3 Å². The van der Waals surface area contributed by atoms with Gasteiger partial charge in [0.05, 0.1) is 22.5 Å². The molecule has 1 aromatic heterocycles. The molecule has 0 amide bonds. The fourth-order valence-electron chi connectivity index (χ4n) is 1.33. The number of hydrogen-bond donors (Lipinski definition) is 1. The summed E-state index contributed by atoms with van der Waals surface area (Å²) in [5.74, 6) is 0. The number of nitrogens with one attached hydrogen (secondary N) is 1. The monoisotopic (exact) mass is 279 g/mol. The Morgan fingerprint density at radius 2 is 2.11 bits per heavy atom. The van der Waals surface area contributed by atoms with Crippen molar-refractivity contribution >= 4 is 27.0 Å². The van der Waals surface area contributed by atoms with Crippen molar-refractivity contribution in [3.05, 3.63) is 41.0 Å². The average Bonchev–Trinajstić information content (AvgIpc) is 2.77. The first kappa shape index (κ1) is 12.5. The van der Waals surface area contributed by atoms with E-state index < -0.39 is 10.0 Å². The molecule has 0 atom stereocenters. The van der Waals surface area contributed by atoms with Gasteiger partial charge in [-0.1, -0.05) is 12.1 Å². The van der Waals surface area contributed by atoms with Crippen LogP contribution in [0.2, 0.25) is 0 Å². The Balaban J connectivity index is 2.37. The van der Waals surface area contributed by atoms with E-state index >= 15 is 0 Å². The second-order valence-electron chi connectivity index (χ2n) is 3.46. The standard InChI is InChI=1S/C11H9N3O2S2/c1-8-13-7-11(17-8)18(15,16)14-10-5-3-2-4-9(10)6-12/h2-5,7,14H,1H3. The minimum atomic E-state index is -3.67. The van der Waals surface area contributed by atoms with Crippen LogP contribution in [0, 0.1) is 18.3 Å². The molecule has 0 aliphatic carbocycles. The van der Waals surface area contributed by atoms with Gasteiger partial charge in [0.25, 0.3) is 10.0 Å². The molecule has 1 aromatic carbocycles. The van der Waals surface area contributed by atoms with Crippen LogP contribution in [-0.4, -0.2) is 13.4 Å². The van der Waals surface area contributed by atoms with Gasteiger partial charge in [-0.25, -0.2) is 13.4 Å². The number of aromatic nitrogens is 1. The number of rotatable bonds is 3. The maximum Gasteiger partial charge on any atom is 0.273 e. The molecule has 1 heterocycles. The second-order valence-corrected chi connectivity index (χ2v) is 6.61. The van der Waals surface area contributed by atoms with E-state index in [1.807, 2.05) is 6.07 Å². The number of nitrogens with zero attached hydrogens (tertiary/aromatic N) is 2. The number of para-hydroxylation sites is 1. The first-order valence-corrected chi connectivity index (χ1v) is 7.27. The molecule has 0 saturated carbocycles. The van der Waals surface area contributed by atoms with E-state index in [0.717, 1.165) is 11.3 Å². The SMILES string of the molecule is Cc1ncc(S(=O)(=O)Nc2ccccc2C#N)s1. The van der Waals surface area contributed by atoms with Crippen molar-refractivity contribution in [2.75, 3.05) is 4.72 Å².